The number of furan rings is 1. The summed E-state index contributed by atoms with van der Waals surface area (Å²) >= 11 is 6.20. The highest BCUT2D eigenvalue weighted by Gasteiger charge is 2.17. The Morgan fingerprint density at radius 3 is 2.55 bits per heavy atom. The fourth-order valence-electron chi connectivity index (χ4n) is 3.68. The van der Waals surface area contributed by atoms with Crippen LogP contribution in [-0.2, 0) is 6.42 Å². The van der Waals surface area contributed by atoms with Crippen LogP contribution in [0.25, 0.3) is 27.6 Å². The van der Waals surface area contributed by atoms with Crippen molar-refractivity contribution in [3.8, 4) is 5.69 Å². The van der Waals surface area contributed by atoms with E-state index in [9.17, 15) is 9.59 Å². The summed E-state index contributed by atoms with van der Waals surface area (Å²) in [5.74, 6) is -0.615. The minimum Gasteiger partial charge on any atom is -0.438 e. The number of carbonyl (C=O) groups is 1. The number of fused-ring (bicyclic) bond motifs is 2. The molecule has 0 fully saturated rings. The van der Waals surface area contributed by atoms with Crippen LogP contribution < -0.4 is 17.0 Å². The van der Waals surface area contributed by atoms with Gasteiger partial charge in [-0.1, -0.05) is 48.9 Å². The first-order valence-corrected chi connectivity index (χ1v) is 10.6. The molecule has 0 saturated carbocycles. The number of benzene rings is 2. The molecule has 2 aromatic carbocycles. The molecule has 0 radical (unpaired) electrons. The number of amides is 1. The van der Waals surface area contributed by atoms with Crippen LogP contribution in [0.2, 0.25) is 5.02 Å². The predicted molar refractivity (Wildman–Crippen MR) is 131 cm³/mol. The zero-order valence-corrected chi connectivity index (χ0v) is 18.5. The summed E-state index contributed by atoms with van der Waals surface area (Å²) in [5.41, 5.74) is 13.4. The topological polar surface area (TPSA) is 117 Å². The van der Waals surface area contributed by atoms with E-state index in [1.807, 2.05) is 55.5 Å². The van der Waals surface area contributed by atoms with Gasteiger partial charge >= 0.3 is 0 Å². The number of para-hydroxylation sites is 1. The molecular weight excluding hydrogens is 440 g/mol. The van der Waals surface area contributed by atoms with Gasteiger partial charge in [-0.25, -0.2) is 0 Å². The largest absolute Gasteiger partial charge is 0.438 e. The average Bonchev–Trinajstić information content (AvgIpc) is 3.15. The van der Waals surface area contributed by atoms with E-state index in [0.717, 1.165) is 23.2 Å². The summed E-state index contributed by atoms with van der Waals surface area (Å²) < 4.78 is 6.82. The molecule has 0 spiro atoms. The standard InChI is InChI=1S/C17H14ClNO.C8H7N3O2/c1-2-13-11-12-7-6-10-15(18)16(12)17(20)19(13)14-8-4-3-5-9-14;9-7(12)5-6-4(13-8(5)10)2-1-3-11-6/h3-11H,2H2,1H3;1-3H,10H2,(H2,9,12). The SMILES string of the molecule is CCc1cc2cccc(Cl)c2c(=O)n1-c1ccccc1.NC(=O)c1c(N)oc2cccnc12. The number of nitrogens with two attached hydrogens (primary N) is 2. The first kappa shape index (κ1) is 22.1. The molecule has 0 unspecified atom stereocenters. The number of nitrogen functional groups attached to an aromatic ring is 1. The molecule has 3 aromatic heterocycles. The van der Waals surface area contributed by atoms with Gasteiger partial charge in [-0.15, -0.1) is 0 Å². The molecule has 5 aromatic rings. The van der Waals surface area contributed by atoms with Crippen molar-refractivity contribution < 1.29 is 9.21 Å². The second-order valence-electron chi connectivity index (χ2n) is 7.23. The summed E-state index contributed by atoms with van der Waals surface area (Å²) in [6, 6.07) is 20.6. The first-order valence-electron chi connectivity index (χ1n) is 10.2. The minimum atomic E-state index is -0.630. The Kier molecular flexibility index (Phi) is 6.15. The van der Waals surface area contributed by atoms with Crippen molar-refractivity contribution in [2.24, 2.45) is 5.73 Å². The van der Waals surface area contributed by atoms with Crippen molar-refractivity contribution in [1.29, 1.82) is 0 Å². The van der Waals surface area contributed by atoms with Gasteiger partial charge in [-0.05, 0) is 48.2 Å². The van der Waals surface area contributed by atoms with Crippen LogP contribution >= 0.6 is 11.6 Å². The summed E-state index contributed by atoms with van der Waals surface area (Å²) in [5, 5.41) is 1.97. The van der Waals surface area contributed by atoms with Gasteiger partial charge in [0.1, 0.15) is 11.1 Å². The third-order valence-corrected chi connectivity index (χ3v) is 5.48. The molecule has 5 rings (SSSR count). The summed E-state index contributed by atoms with van der Waals surface area (Å²) in [4.78, 5) is 27.7. The lowest BCUT2D eigenvalue weighted by Crippen LogP contribution is -2.22. The molecule has 0 saturated heterocycles. The van der Waals surface area contributed by atoms with E-state index < -0.39 is 5.91 Å². The molecule has 0 aliphatic rings. The van der Waals surface area contributed by atoms with Gasteiger partial charge in [0.15, 0.2) is 5.58 Å². The summed E-state index contributed by atoms with van der Waals surface area (Å²) in [7, 11) is 0. The lowest BCUT2D eigenvalue weighted by atomic mass is 10.1. The number of aromatic nitrogens is 2. The number of primary amides is 1. The predicted octanol–water partition coefficient (Wildman–Crippen LogP) is 4.72. The molecule has 4 N–H and O–H groups in total. The van der Waals surface area contributed by atoms with Crippen molar-refractivity contribution in [2.75, 3.05) is 5.73 Å². The highest BCUT2D eigenvalue weighted by atomic mass is 35.5. The number of anilines is 1. The normalized spacial score (nSPS) is 10.7. The molecule has 8 heteroatoms. The Hall–Kier alpha value is -4.10. The van der Waals surface area contributed by atoms with E-state index in [4.69, 9.17) is 27.5 Å². The minimum absolute atomic E-state index is 0.0150. The summed E-state index contributed by atoms with van der Waals surface area (Å²) in [6.45, 7) is 2.05. The zero-order chi connectivity index (χ0) is 23.5. The van der Waals surface area contributed by atoms with Crippen LogP contribution in [0.5, 0.6) is 0 Å². The number of carbonyl (C=O) groups excluding carboxylic acids is 1. The third kappa shape index (κ3) is 4.18. The monoisotopic (exact) mass is 460 g/mol. The third-order valence-electron chi connectivity index (χ3n) is 5.17. The zero-order valence-electron chi connectivity index (χ0n) is 17.8. The van der Waals surface area contributed by atoms with Crippen LogP contribution in [0.3, 0.4) is 0 Å². The second-order valence-corrected chi connectivity index (χ2v) is 7.63. The fourth-order valence-corrected chi connectivity index (χ4v) is 3.94. The quantitative estimate of drug-likeness (QED) is 0.404. The van der Waals surface area contributed by atoms with Crippen molar-refractivity contribution in [1.82, 2.24) is 9.55 Å². The Morgan fingerprint density at radius 2 is 1.85 bits per heavy atom. The van der Waals surface area contributed by atoms with Crippen LogP contribution in [0.1, 0.15) is 23.0 Å². The van der Waals surface area contributed by atoms with E-state index in [1.165, 1.54) is 0 Å². The Morgan fingerprint density at radius 1 is 1.09 bits per heavy atom. The number of nitrogens with zero attached hydrogens (tertiary/aromatic N) is 2. The number of rotatable bonds is 3. The number of pyridine rings is 2. The summed E-state index contributed by atoms with van der Waals surface area (Å²) in [6.07, 6.45) is 2.33. The molecule has 166 valence electrons. The van der Waals surface area contributed by atoms with Gasteiger partial charge in [-0.3, -0.25) is 19.1 Å². The van der Waals surface area contributed by atoms with E-state index in [1.54, 1.807) is 29.0 Å². The van der Waals surface area contributed by atoms with E-state index in [2.05, 4.69) is 4.98 Å². The van der Waals surface area contributed by atoms with Gasteiger partial charge in [0.25, 0.3) is 11.5 Å². The molecule has 0 aliphatic carbocycles. The van der Waals surface area contributed by atoms with Crippen LogP contribution in [0, 0.1) is 0 Å². The molecular formula is C25H21ClN4O3. The van der Waals surface area contributed by atoms with Gasteiger partial charge in [0.05, 0.1) is 10.4 Å². The smallest absolute Gasteiger partial charge is 0.264 e. The van der Waals surface area contributed by atoms with E-state index in [0.29, 0.717) is 21.5 Å². The number of halogens is 1. The fraction of sp³-hybridized carbons (Fsp3) is 0.0800. The van der Waals surface area contributed by atoms with Crippen LogP contribution in [0.15, 0.2) is 82.1 Å². The lowest BCUT2D eigenvalue weighted by Gasteiger charge is -2.14. The Bertz CT molecular complexity index is 1520. The number of hydrogen-bond donors (Lipinski definition) is 2. The van der Waals surface area contributed by atoms with Gasteiger partial charge < -0.3 is 15.9 Å². The lowest BCUT2D eigenvalue weighted by molar-refractivity contribution is 0.100. The molecule has 0 aliphatic heterocycles. The van der Waals surface area contributed by atoms with Crippen LogP contribution in [-0.4, -0.2) is 15.5 Å². The van der Waals surface area contributed by atoms with Crippen molar-refractivity contribution in [3.63, 3.8) is 0 Å². The van der Waals surface area contributed by atoms with Crippen molar-refractivity contribution >= 4 is 45.3 Å². The van der Waals surface area contributed by atoms with E-state index >= 15 is 0 Å². The van der Waals surface area contributed by atoms with Crippen molar-refractivity contribution in [3.05, 3.63) is 99.6 Å². The second kappa shape index (κ2) is 9.18. The van der Waals surface area contributed by atoms with Gasteiger partial charge in [0, 0.05) is 17.6 Å². The maximum Gasteiger partial charge on any atom is 0.264 e. The molecule has 3 heterocycles. The van der Waals surface area contributed by atoms with Crippen molar-refractivity contribution in [2.45, 2.75) is 13.3 Å². The maximum atomic E-state index is 12.8. The van der Waals surface area contributed by atoms with Crippen LogP contribution in [0.4, 0.5) is 5.88 Å². The molecule has 7 nitrogen and oxygen atoms in total. The molecule has 0 bridgehead atoms. The highest BCUT2D eigenvalue weighted by Crippen LogP contribution is 2.25. The Labute approximate surface area is 194 Å². The van der Waals surface area contributed by atoms with Gasteiger partial charge in [0.2, 0.25) is 5.88 Å². The average molecular weight is 461 g/mol. The van der Waals surface area contributed by atoms with Gasteiger partial charge in [-0.2, -0.15) is 0 Å². The molecule has 0 atom stereocenters. The number of hydrogen-bond acceptors (Lipinski definition) is 5. The Balaban J connectivity index is 0.000000172. The molecule has 1 amide bonds. The highest BCUT2D eigenvalue weighted by molar-refractivity contribution is 6.35. The maximum absolute atomic E-state index is 12.8. The van der Waals surface area contributed by atoms with E-state index in [-0.39, 0.29) is 17.0 Å². The first-order chi connectivity index (χ1) is 15.9. The number of aryl methyl sites for hydroxylation is 1. The molecule has 33 heavy (non-hydrogen) atoms.